The van der Waals surface area contributed by atoms with E-state index in [0.717, 1.165) is 5.69 Å². The Morgan fingerprint density at radius 3 is 2.38 bits per heavy atom. The molecule has 0 amide bonds. The van der Waals surface area contributed by atoms with Crippen LogP contribution in [-0.4, -0.2) is 23.3 Å². The molecule has 2 rings (SSSR count). The first-order chi connectivity index (χ1) is 10.0. The molecular formula is C16H17NO4. The van der Waals surface area contributed by atoms with Gasteiger partial charge in [-0.1, -0.05) is 0 Å². The number of nitrogens with one attached hydrogen (secondary N) is 1. The Balaban J connectivity index is 2.12. The molecule has 110 valence electrons. The van der Waals surface area contributed by atoms with E-state index in [2.05, 4.69) is 10.1 Å². The minimum absolute atomic E-state index is 0.0193. The van der Waals surface area contributed by atoms with Crippen molar-refractivity contribution < 1.29 is 19.7 Å². The molecule has 2 aromatic rings. The minimum atomic E-state index is -0.384. The Morgan fingerprint density at radius 2 is 1.81 bits per heavy atom. The largest absolute Gasteiger partial charge is 0.508 e. The molecule has 2 aromatic carbocycles. The fourth-order valence-corrected chi connectivity index (χ4v) is 2.05. The van der Waals surface area contributed by atoms with Crippen molar-refractivity contribution >= 4 is 11.7 Å². The monoisotopic (exact) mass is 287 g/mol. The maximum absolute atomic E-state index is 11.3. The Morgan fingerprint density at radius 1 is 1.14 bits per heavy atom. The van der Waals surface area contributed by atoms with Crippen molar-refractivity contribution in [3.8, 4) is 11.5 Å². The fourth-order valence-electron chi connectivity index (χ4n) is 2.05. The van der Waals surface area contributed by atoms with Crippen LogP contribution in [-0.2, 0) is 4.74 Å². The third kappa shape index (κ3) is 3.45. The zero-order chi connectivity index (χ0) is 15.4. The molecule has 0 aromatic heterocycles. The van der Waals surface area contributed by atoms with Crippen LogP contribution in [0.3, 0.4) is 0 Å². The molecule has 0 fully saturated rings. The van der Waals surface area contributed by atoms with Crippen molar-refractivity contribution in [2.75, 3.05) is 12.4 Å². The fraction of sp³-hybridized carbons (Fsp3) is 0.188. The van der Waals surface area contributed by atoms with Crippen LogP contribution in [0.1, 0.15) is 28.9 Å². The number of anilines is 1. The maximum atomic E-state index is 11.3. The molecule has 0 spiro atoms. The first kappa shape index (κ1) is 14.7. The predicted molar refractivity (Wildman–Crippen MR) is 79.6 cm³/mol. The molecule has 0 aliphatic heterocycles. The second-order valence-electron chi connectivity index (χ2n) is 4.68. The normalized spacial score (nSPS) is 11.7. The van der Waals surface area contributed by atoms with Crippen molar-refractivity contribution in [2.45, 2.75) is 13.0 Å². The van der Waals surface area contributed by atoms with E-state index in [0.29, 0.717) is 11.1 Å². The number of carbonyl (C=O) groups excluding carboxylic acids is 1. The summed E-state index contributed by atoms with van der Waals surface area (Å²) in [5, 5.41) is 22.3. The Kier molecular flexibility index (Phi) is 4.33. The van der Waals surface area contributed by atoms with Crippen LogP contribution in [0.4, 0.5) is 5.69 Å². The summed E-state index contributed by atoms with van der Waals surface area (Å²) in [6, 6.07) is 11.2. The summed E-state index contributed by atoms with van der Waals surface area (Å²) >= 11 is 0. The van der Waals surface area contributed by atoms with Crippen molar-refractivity contribution in [1.82, 2.24) is 0 Å². The van der Waals surface area contributed by atoms with E-state index >= 15 is 0 Å². The average molecular weight is 287 g/mol. The molecule has 1 atom stereocenters. The Bertz CT molecular complexity index is 637. The number of aromatic hydroxyl groups is 2. The summed E-state index contributed by atoms with van der Waals surface area (Å²) in [7, 11) is 1.34. The van der Waals surface area contributed by atoms with Gasteiger partial charge in [-0.3, -0.25) is 0 Å². The molecule has 3 N–H and O–H groups in total. The molecule has 21 heavy (non-hydrogen) atoms. The number of phenols is 2. The first-order valence-electron chi connectivity index (χ1n) is 6.48. The SMILES string of the molecule is COC(=O)c1ccc(NC(C)c2ccc(O)cc2O)cc1. The summed E-state index contributed by atoms with van der Waals surface area (Å²) in [6.45, 7) is 1.89. The minimum Gasteiger partial charge on any atom is -0.508 e. The molecule has 5 heteroatoms. The third-order valence-corrected chi connectivity index (χ3v) is 3.17. The van der Waals surface area contributed by atoms with Crippen LogP contribution < -0.4 is 5.32 Å². The van der Waals surface area contributed by atoms with Gasteiger partial charge in [0.1, 0.15) is 11.5 Å². The lowest BCUT2D eigenvalue weighted by molar-refractivity contribution is 0.0601. The number of benzene rings is 2. The number of hydrogen-bond acceptors (Lipinski definition) is 5. The van der Waals surface area contributed by atoms with Crippen molar-refractivity contribution in [1.29, 1.82) is 0 Å². The van der Waals surface area contributed by atoms with Gasteiger partial charge in [0.25, 0.3) is 0 Å². The van der Waals surface area contributed by atoms with E-state index in [-0.39, 0.29) is 23.5 Å². The molecule has 0 aliphatic carbocycles. The van der Waals surface area contributed by atoms with Crippen molar-refractivity contribution in [3.63, 3.8) is 0 Å². The van der Waals surface area contributed by atoms with E-state index in [1.807, 2.05) is 6.92 Å². The second kappa shape index (κ2) is 6.17. The highest BCUT2D eigenvalue weighted by Gasteiger charge is 2.11. The smallest absolute Gasteiger partial charge is 0.337 e. The summed E-state index contributed by atoms with van der Waals surface area (Å²) in [5.41, 5.74) is 1.95. The van der Waals surface area contributed by atoms with Crippen molar-refractivity contribution in [3.05, 3.63) is 53.6 Å². The molecule has 0 saturated heterocycles. The van der Waals surface area contributed by atoms with Crippen LogP contribution in [0, 0.1) is 0 Å². The number of carbonyl (C=O) groups is 1. The third-order valence-electron chi connectivity index (χ3n) is 3.17. The first-order valence-corrected chi connectivity index (χ1v) is 6.48. The summed E-state index contributed by atoms with van der Waals surface area (Å²) in [6.07, 6.45) is 0. The van der Waals surface area contributed by atoms with E-state index in [4.69, 9.17) is 0 Å². The van der Waals surface area contributed by atoms with Gasteiger partial charge in [-0.15, -0.1) is 0 Å². The summed E-state index contributed by atoms with van der Waals surface area (Å²) in [5.74, 6) is -0.335. The molecule has 0 aliphatic rings. The van der Waals surface area contributed by atoms with Gasteiger partial charge < -0.3 is 20.3 Å². The van der Waals surface area contributed by atoms with E-state index < -0.39 is 0 Å². The van der Waals surface area contributed by atoms with Gasteiger partial charge in [0.15, 0.2) is 0 Å². The van der Waals surface area contributed by atoms with Crippen LogP contribution in [0.15, 0.2) is 42.5 Å². The molecule has 0 saturated carbocycles. The van der Waals surface area contributed by atoms with Gasteiger partial charge >= 0.3 is 5.97 Å². The van der Waals surface area contributed by atoms with Gasteiger partial charge in [-0.05, 0) is 43.3 Å². The van der Waals surface area contributed by atoms with Crippen LogP contribution >= 0.6 is 0 Å². The highest BCUT2D eigenvalue weighted by atomic mass is 16.5. The van der Waals surface area contributed by atoms with Crippen LogP contribution in [0.5, 0.6) is 11.5 Å². The van der Waals surface area contributed by atoms with E-state index in [1.54, 1.807) is 30.3 Å². The number of phenolic OH excluding ortho intramolecular Hbond substituents is 2. The number of methoxy groups -OCH3 is 1. The maximum Gasteiger partial charge on any atom is 0.337 e. The van der Waals surface area contributed by atoms with E-state index in [9.17, 15) is 15.0 Å². The zero-order valence-corrected chi connectivity index (χ0v) is 11.8. The summed E-state index contributed by atoms with van der Waals surface area (Å²) < 4.78 is 4.64. The quantitative estimate of drug-likeness (QED) is 0.753. The molecule has 5 nitrogen and oxygen atoms in total. The highest BCUT2D eigenvalue weighted by molar-refractivity contribution is 5.89. The Labute approximate surface area is 122 Å². The van der Waals surface area contributed by atoms with Gasteiger partial charge in [-0.2, -0.15) is 0 Å². The number of rotatable bonds is 4. The number of hydrogen-bond donors (Lipinski definition) is 3. The van der Waals surface area contributed by atoms with Gasteiger partial charge in [0.2, 0.25) is 0 Å². The van der Waals surface area contributed by atoms with Gasteiger partial charge in [0, 0.05) is 17.3 Å². The van der Waals surface area contributed by atoms with Gasteiger partial charge in [0.05, 0.1) is 18.7 Å². The highest BCUT2D eigenvalue weighted by Crippen LogP contribution is 2.29. The molecule has 0 heterocycles. The lowest BCUT2D eigenvalue weighted by Gasteiger charge is -2.17. The average Bonchev–Trinajstić information content (AvgIpc) is 2.47. The zero-order valence-electron chi connectivity index (χ0n) is 11.8. The lowest BCUT2D eigenvalue weighted by atomic mass is 10.1. The Hall–Kier alpha value is -2.69. The van der Waals surface area contributed by atoms with Gasteiger partial charge in [-0.25, -0.2) is 4.79 Å². The predicted octanol–water partition coefficient (Wildman–Crippen LogP) is 3.06. The van der Waals surface area contributed by atoms with Crippen molar-refractivity contribution in [2.24, 2.45) is 0 Å². The number of ether oxygens (including phenoxy) is 1. The molecular weight excluding hydrogens is 270 g/mol. The molecule has 0 radical (unpaired) electrons. The molecule has 1 unspecified atom stereocenters. The van der Waals surface area contributed by atoms with E-state index in [1.165, 1.54) is 19.2 Å². The van der Waals surface area contributed by atoms with Crippen LogP contribution in [0.25, 0.3) is 0 Å². The summed E-state index contributed by atoms with van der Waals surface area (Å²) in [4.78, 5) is 11.3. The van der Waals surface area contributed by atoms with Crippen LogP contribution in [0.2, 0.25) is 0 Å². The standard InChI is InChI=1S/C16H17NO4/c1-10(14-8-7-13(18)9-15(14)19)17-12-5-3-11(4-6-12)16(20)21-2/h3-10,17-19H,1-2H3. The second-order valence-corrected chi connectivity index (χ2v) is 4.68. The topological polar surface area (TPSA) is 78.8 Å². The number of esters is 1. The lowest BCUT2D eigenvalue weighted by Crippen LogP contribution is -2.07. The molecule has 0 bridgehead atoms.